The van der Waals surface area contributed by atoms with Crippen LogP contribution in [0.15, 0.2) is 6.20 Å². The average Bonchev–Trinajstić information content (AvgIpc) is 2.16. The van der Waals surface area contributed by atoms with Crippen LogP contribution in [0.5, 0.6) is 0 Å². The van der Waals surface area contributed by atoms with E-state index in [1.165, 1.54) is 0 Å². The number of hydrogen-bond acceptors (Lipinski definition) is 4. The molecule has 0 aliphatic rings. The number of rotatable bonds is 3. The van der Waals surface area contributed by atoms with Crippen molar-refractivity contribution >= 4 is 28.3 Å². The van der Waals surface area contributed by atoms with Gasteiger partial charge in [0.15, 0.2) is 5.69 Å². The molecule has 0 radical (unpaired) electrons. The molecule has 82 valence electrons. The molecule has 1 rings (SSSR count). The highest BCUT2D eigenvalue weighted by Gasteiger charge is 2.28. The second-order valence-corrected chi connectivity index (χ2v) is 3.70. The maximum Gasteiger partial charge on any atom is 0.303 e. The third-order valence-electron chi connectivity index (χ3n) is 1.68. The Balaban J connectivity index is 3.49. The van der Waals surface area contributed by atoms with Crippen molar-refractivity contribution in [2.24, 2.45) is 0 Å². The molecule has 0 unspecified atom stereocenters. The van der Waals surface area contributed by atoms with Crippen LogP contribution in [0.25, 0.3) is 0 Å². The van der Waals surface area contributed by atoms with E-state index >= 15 is 0 Å². The first-order valence-electron chi connectivity index (χ1n) is 3.69. The first-order valence-corrected chi connectivity index (χ1v) is 4.77. The largest absolute Gasteiger partial charge is 0.391 e. The van der Waals surface area contributed by atoms with E-state index in [-0.39, 0.29) is 9.13 Å². The van der Waals surface area contributed by atoms with Gasteiger partial charge < -0.3 is 5.11 Å². The molecule has 0 amide bonds. The fourth-order valence-corrected chi connectivity index (χ4v) is 1.61. The Morgan fingerprint density at radius 2 is 2.27 bits per heavy atom. The molecule has 0 aliphatic heterocycles. The van der Waals surface area contributed by atoms with Crippen LogP contribution in [-0.4, -0.2) is 15.0 Å². The smallest absolute Gasteiger partial charge is 0.303 e. The highest BCUT2D eigenvalue weighted by atomic mass is 127. The summed E-state index contributed by atoms with van der Waals surface area (Å²) in [5.74, 6) is 0. The molecular weight excluding hydrogens is 325 g/mol. The van der Waals surface area contributed by atoms with Gasteiger partial charge in [-0.15, -0.1) is 0 Å². The molecule has 0 aliphatic carbocycles. The van der Waals surface area contributed by atoms with E-state index in [0.29, 0.717) is 0 Å². The van der Waals surface area contributed by atoms with Gasteiger partial charge in [-0.3, -0.25) is 10.1 Å². The second kappa shape index (κ2) is 4.75. The Morgan fingerprint density at radius 1 is 1.67 bits per heavy atom. The van der Waals surface area contributed by atoms with Crippen LogP contribution in [-0.2, 0) is 6.61 Å². The minimum atomic E-state index is -3.03. The molecule has 5 nitrogen and oxygen atoms in total. The normalized spacial score (nSPS) is 10.7. The van der Waals surface area contributed by atoms with Gasteiger partial charge in [0.2, 0.25) is 0 Å². The zero-order valence-corrected chi connectivity index (χ0v) is 9.31. The van der Waals surface area contributed by atoms with Gasteiger partial charge >= 0.3 is 5.69 Å². The minimum Gasteiger partial charge on any atom is -0.391 e. The third kappa shape index (κ3) is 2.37. The number of alkyl halides is 2. The van der Waals surface area contributed by atoms with Crippen molar-refractivity contribution in [3.63, 3.8) is 0 Å². The monoisotopic (exact) mass is 330 g/mol. The van der Waals surface area contributed by atoms with E-state index in [4.69, 9.17) is 5.11 Å². The highest BCUT2D eigenvalue weighted by molar-refractivity contribution is 14.1. The summed E-state index contributed by atoms with van der Waals surface area (Å²) in [5, 5.41) is 19.4. The Hall–Kier alpha value is -0.900. The van der Waals surface area contributed by atoms with Gasteiger partial charge in [0.05, 0.1) is 17.1 Å². The molecule has 0 saturated carbocycles. The highest BCUT2D eigenvalue weighted by Crippen LogP contribution is 2.32. The maximum atomic E-state index is 12.4. The third-order valence-corrected chi connectivity index (χ3v) is 2.61. The molecule has 0 fully saturated rings. The molecule has 1 heterocycles. The molecule has 0 aromatic carbocycles. The van der Waals surface area contributed by atoms with Gasteiger partial charge in [-0.1, -0.05) is 0 Å². The van der Waals surface area contributed by atoms with E-state index in [9.17, 15) is 18.9 Å². The topological polar surface area (TPSA) is 76.3 Å². The van der Waals surface area contributed by atoms with Crippen LogP contribution in [0.4, 0.5) is 14.5 Å². The van der Waals surface area contributed by atoms with E-state index in [2.05, 4.69) is 4.98 Å². The number of aliphatic hydroxyl groups excluding tert-OH is 1. The average molecular weight is 330 g/mol. The van der Waals surface area contributed by atoms with E-state index in [1.807, 2.05) is 0 Å². The summed E-state index contributed by atoms with van der Waals surface area (Å²) in [6.07, 6.45) is -1.96. The number of nitro groups is 1. The second-order valence-electron chi connectivity index (χ2n) is 2.53. The summed E-state index contributed by atoms with van der Waals surface area (Å²) in [4.78, 5) is 12.9. The lowest BCUT2D eigenvalue weighted by atomic mass is 10.2. The summed E-state index contributed by atoms with van der Waals surface area (Å²) in [6, 6.07) is 0. The van der Waals surface area contributed by atoms with Gasteiger partial charge in [-0.25, -0.2) is 13.8 Å². The number of pyridine rings is 1. The lowest BCUT2D eigenvalue weighted by Crippen LogP contribution is -2.05. The zero-order valence-electron chi connectivity index (χ0n) is 7.15. The predicted molar refractivity (Wildman–Crippen MR) is 54.5 cm³/mol. The first kappa shape index (κ1) is 12.2. The van der Waals surface area contributed by atoms with Crippen molar-refractivity contribution in [3.8, 4) is 0 Å². The van der Waals surface area contributed by atoms with Crippen LogP contribution < -0.4 is 0 Å². The van der Waals surface area contributed by atoms with Crippen LogP contribution in [0.2, 0.25) is 0 Å². The van der Waals surface area contributed by atoms with Crippen LogP contribution in [0, 0.1) is 13.7 Å². The van der Waals surface area contributed by atoms with Crippen molar-refractivity contribution in [2.45, 2.75) is 13.0 Å². The van der Waals surface area contributed by atoms with Crippen LogP contribution in [0.1, 0.15) is 17.7 Å². The number of aromatic nitrogens is 1. The molecule has 15 heavy (non-hydrogen) atoms. The molecule has 1 N–H and O–H groups in total. The number of halogens is 3. The Bertz CT molecular complexity index is 400. The fraction of sp³-hybridized carbons (Fsp3) is 0.286. The minimum absolute atomic E-state index is 0.133. The summed E-state index contributed by atoms with van der Waals surface area (Å²) in [7, 11) is 0. The molecular formula is C7H5F2IN2O3. The van der Waals surface area contributed by atoms with Gasteiger partial charge in [0.1, 0.15) is 0 Å². The van der Waals surface area contributed by atoms with Gasteiger partial charge in [-0.2, -0.15) is 0 Å². The van der Waals surface area contributed by atoms with E-state index in [1.54, 1.807) is 22.6 Å². The SMILES string of the molecule is O=[N+]([O-])c1c(C(F)F)ncc(I)c1CO. The van der Waals surface area contributed by atoms with Gasteiger partial charge in [0, 0.05) is 9.77 Å². The lowest BCUT2D eigenvalue weighted by molar-refractivity contribution is -0.387. The fourth-order valence-electron chi connectivity index (χ4n) is 1.05. The van der Waals surface area contributed by atoms with Crippen LogP contribution in [0.3, 0.4) is 0 Å². The summed E-state index contributed by atoms with van der Waals surface area (Å²) in [6.45, 7) is -0.670. The Labute approximate surface area is 96.4 Å². The zero-order chi connectivity index (χ0) is 11.6. The Kier molecular flexibility index (Phi) is 3.85. The number of nitrogens with zero attached hydrogens (tertiary/aromatic N) is 2. The molecule has 0 atom stereocenters. The molecule has 0 saturated heterocycles. The first-order chi connectivity index (χ1) is 6.99. The summed E-state index contributed by atoms with van der Waals surface area (Å²) in [5.41, 5.74) is -1.85. The molecule has 0 bridgehead atoms. The summed E-state index contributed by atoms with van der Waals surface area (Å²) >= 11 is 1.69. The van der Waals surface area contributed by atoms with Crippen LogP contribution >= 0.6 is 22.6 Å². The Morgan fingerprint density at radius 3 is 2.67 bits per heavy atom. The van der Waals surface area contributed by atoms with Gasteiger partial charge in [0.25, 0.3) is 6.43 Å². The number of hydrogen-bond donors (Lipinski definition) is 1. The summed E-state index contributed by atoms with van der Waals surface area (Å²) < 4.78 is 25.1. The molecule has 8 heteroatoms. The van der Waals surface area contributed by atoms with Crippen molar-refractivity contribution in [2.75, 3.05) is 0 Å². The quantitative estimate of drug-likeness (QED) is 0.523. The van der Waals surface area contributed by atoms with Gasteiger partial charge in [-0.05, 0) is 22.6 Å². The van der Waals surface area contributed by atoms with E-state index in [0.717, 1.165) is 6.20 Å². The van der Waals surface area contributed by atoms with Crippen molar-refractivity contribution in [1.82, 2.24) is 4.98 Å². The predicted octanol–water partition coefficient (Wildman–Crippen LogP) is 2.02. The molecule has 1 aromatic heterocycles. The molecule has 1 aromatic rings. The lowest BCUT2D eigenvalue weighted by Gasteiger charge is -2.06. The van der Waals surface area contributed by atoms with E-state index < -0.39 is 29.3 Å². The van der Waals surface area contributed by atoms with Crippen molar-refractivity contribution in [1.29, 1.82) is 0 Å². The van der Waals surface area contributed by atoms with Crippen molar-refractivity contribution in [3.05, 3.63) is 31.1 Å². The number of aliphatic hydroxyl groups is 1. The molecule has 0 spiro atoms. The maximum absolute atomic E-state index is 12.4. The van der Waals surface area contributed by atoms with Crippen molar-refractivity contribution < 1.29 is 18.8 Å². The standard InChI is InChI=1S/C7H5F2IN2O3/c8-7(9)5-6(12(14)15)3(2-13)4(10)1-11-5/h1,7,13H,2H2.